The standard InChI is InChI=1S/C16H23NO2/c1-3-5-8-16-9-7-13-11(6-4-2)15(19)12(16)10-14(18)17(13)16/h4,11-13H,2-3,5-10H2,1H3/t11-,12+,13+,16-/m1/s1. The first-order valence-electron chi connectivity index (χ1n) is 7.62. The molecule has 0 unspecified atom stereocenters. The molecule has 1 amide bonds. The van der Waals surface area contributed by atoms with Crippen molar-refractivity contribution in [3.8, 4) is 0 Å². The zero-order chi connectivity index (χ0) is 13.6. The molecule has 3 rings (SSSR count). The highest BCUT2D eigenvalue weighted by Gasteiger charge is 2.66. The van der Waals surface area contributed by atoms with E-state index in [1.807, 2.05) is 6.08 Å². The lowest BCUT2D eigenvalue weighted by Crippen LogP contribution is -2.57. The van der Waals surface area contributed by atoms with Gasteiger partial charge in [-0.1, -0.05) is 25.8 Å². The molecule has 0 aromatic heterocycles. The molecule has 4 bridgehead atoms. The second-order valence-electron chi connectivity index (χ2n) is 6.37. The summed E-state index contributed by atoms with van der Waals surface area (Å²) in [5.41, 5.74) is -0.105. The van der Waals surface area contributed by atoms with Crippen LogP contribution in [0.2, 0.25) is 0 Å². The predicted molar refractivity (Wildman–Crippen MR) is 73.5 cm³/mol. The number of amides is 1. The van der Waals surface area contributed by atoms with Crippen molar-refractivity contribution in [2.24, 2.45) is 11.8 Å². The van der Waals surface area contributed by atoms with Gasteiger partial charge < -0.3 is 4.90 Å². The van der Waals surface area contributed by atoms with Crippen LogP contribution in [0.25, 0.3) is 0 Å². The van der Waals surface area contributed by atoms with E-state index in [4.69, 9.17) is 0 Å². The van der Waals surface area contributed by atoms with E-state index in [0.29, 0.717) is 12.2 Å². The van der Waals surface area contributed by atoms with Crippen LogP contribution in [0.15, 0.2) is 12.7 Å². The van der Waals surface area contributed by atoms with E-state index in [0.717, 1.165) is 38.5 Å². The van der Waals surface area contributed by atoms with E-state index >= 15 is 0 Å². The van der Waals surface area contributed by atoms with E-state index < -0.39 is 0 Å². The fourth-order valence-corrected chi connectivity index (χ4v) is 4.77. The molecule has 0 aliphatic carbocycles. The van der Waals surface area contributed by atoms with Gasteiger partial charge >= 0.3 is 0 Å². The van der Waals surface area contributed by atoms with E-state index in [-0.39, 0.29) is 29.3 Å². The zero-order valence-corrected chi connectivity index (χ0v) is 11.7. The minimum absolute atomic E-state index is 0.0196. The van der Waals surface area contributed by atoms with Gasteiger partial charge in [-0.05, 0) is 25.7 Å². The van der Waals surface area contributed by atoms with Crippen LogP contribution in [-0.4, -0.2) is 28.2 Å². The molecule has 4 atom stereocenters. The highest BCUT2D eigenvalue weighted by molar-refractivity contribution is 5.97. The SMILES string of the molecule is C=CC[C@H]1C(=O)[C@@H]2CC(=O)N3[C@H]1CC[C@]23CCCC. The summed E-state index contributed by atoms with van der Waals surface area (Å²) in [4.78, 5) is 27.2. The fraction of sp³-hybridized carbons (Fsp3) is 0.750. The Morgan fingerprint density at radius 3 is 2.95 bits per heavy atom. The maximum atomic E-state index is 12.7. The number of carbonyl (C=O) groups is 2. The predicted octanol–water partition coefficient (Wildman–Crippen LogP) is 2.70. The molecule has 3 aliphatic rings. The summed E-state index contributed by atoms with van der Waals surface area (Å²) >= 11 is 0. The Kier molecular flexibility index (Phi) is 3.03. The van der Waals surface area contributed by atoms with Crippen LogP contribution in [-0.2, 0) is 9.59 Å². The lowest BCUT2D eigenvalue weighted by molar-refractivity contribution is -0.141. The number of ketones is 1. The molecular formula is C16H23NO2. The van der Waals surface area contributed by atoms with Crippen LogP contribution >= 0.6 is 0 Å². The molecule has 3 heteroatoms. The topological polar surface area (TPSA) is 37.4 Å². The van der Waals surface area contributed by atoms with Gasteiger partial charge in [-0.2, -0.15) is 0 Å². The number of nitrogens with zero attached hydrogens (tertiary/aromatic N) is 1. The van der Waals surface area contributed by atoms with Crippen molar-refractivity contribution in [1.29, 1.82) is 0 Å². The van der Waals surface area contributed by atoms with Gasteiger partial charge in [-0.15, -0.1) is 6.58 Å². The van der Waals surface area contributed by atoms with Crippen molar-refractivity contribution in [1.82, 2.24) is 4.90 Å². The second-order valence-corrected chi connectivity index (χ2v) is 6.37. The first kappa shape index (κ1) is 12.9. The number of carbonyl (C=O) groups excluding carboxylic acids is 2. The molecule has 3 aliphatic heterocycles. The largest absolute Gasteiger partial charge is 0.333 e. The van der Waals surface area contributed by atoms with Gasteiger partial charge in [-0.3, -0.25) is 9.59 Å². The summed E-state index contributed by atoms with van der Waals surface area (Å²) in [5.74, 6) is 0.561. The van der Waals surface area contributed by atoms with Gasteiger partial charge in [-0.25, -0.2) is 0 Å². The number of rotatable bonds is 5. The molecule has 3 nitrogen and oxygen atoms in total. The lowest BCUT2D eigenvalue weighted by Gasteiger charge is -2.45. The molecule has 104 valence electrons. The Balaban J connectivity index is 1.97. The maximum absolute atomic E-state index is 12.7. The molecule has 0 radical (unpaired) electrons. The summed E-state index contributed by atoms with van der Waals surface area (Å²) in [5, 5.41) is 0. The highest BCUT2D eigenvalue weighted by atomic mass is 16.2. The lowest BCUT2D eigenvalue weighted by atomic mass is 9.72. The quantitative estimate of drug-likeness (QED) is 0.714. The monoisotopic (exact) mass is 261 g/mol. The van der Waals surface area contributed by atoms with Crippen molar-refractivity contribution < 1.29 is 9.59 Å². The van der Waals surface area contributed by atoms with Gasteiger partial charge in [0.05, 0.1) is 11.5 Å². The molecule has 3 heterocycles. The normalized spacial score (nSPS) is 40.1. The third-order valence-electron chi connectivity index (χ3n) is 5.54. The highest BCUT2D eigenvalue weighted by Crippen LogP contribution is 2.56. The molecule has 3 saturated heterocycles. The summed E-state index contributed by atoms with van der Waals surface area (Å²) < 4.78 is 0. The van der Waals surface area contributed by atoms with Crippen molar-refractivity contribution in [2.75, 3.05) is 0 Å². The van der Waals surface area contributed by atoms with E-state index in [1.165, 1.54) is 0 Å². The van der Waals surface area contributed by atoms with Gasteiger partial charge in [0, 0.05) is 18.4 Å². The Bertz CT molecular complexity index is 430. The fourth-order valence-electron chi connectivity index (χ4n) is 4.77. The molecular weight excluding hydrogens is 238 g/mol. The smallest absolute Gasteiger partial charge is 0.224 e. The maximum Gasteiger partial charge on any atom is 0.224 e. The number of hydrogen-bond donors (Lipinski definition) is 0. The summed E-state index contributed by atoms with van der Waals surface area (Å²) in [6, 6.07) is 0.161. The van der Waals surface area contributed by atoms with Crippen molar-refractivity contribution in [3.63, 3.8) is 0 Å². The van der Waals surface area contributed by atoms with Crippen LogP contribution < -0.4 is 0 Å². The van der Waals surface area contributed by atoms with E-state index in [9.17, 15) is 9.59 Å². The van der Waals surface area contributed by atoms with Gasteiger partial charge in [0.2, 0.25) is 5.91 Å². The Morgan fingerprint density at radius 2 is 2.26 bits per heavy atom. The molecule has 0 spiro atoms. The molecule has 0 aromatic carbocycles. The number of unbranched alkanes of at least 4 members (excludes halogenated alkanes) is 1. The van der Waals surface area contributed by atoms with E-state index in [2.05, 4.69) is 18.4 Å². The average Bonchev–Trinajstić information content (AvgIpc) is 2.84. The first-order chi connectivity index (χ1) is 9.15. The number of allylic oxidation sites excluding steroid dienone is 1. The van der Waals surface area contributed by atoms with Crippen molar-refractivity contribution >= 4 is 11.7 Å². The number of hydrogen-bond acceptors (Lipinski definition) is 2. The third-order valence-corrected chi connectivity index (χ3v) is 5.54. The van der Waals surface area contributed by atoms with Crippen LogP contribution in [0, 0.1) is 11.8 Å². The second kappa shape index (κ2) is 4.46. The Labute approximate surface area is 115 Å². The zero-order valence-electron chi connectivity index (χ0n) is 11.7. The Hall–Kier alpha value is -1.12. The average molecular weight is 261 g/mol. The summed E-state index contributed by atoms with van der Waals surface area (Å²) in [7, 11) is 0. The molecule has 0 N–H and O–H groups in total. The van der Waals surface area contributed by atoms with Crippen LogP contribution in [0.4, 0.5) is 0 Å². The third kappa shape index (κ3) is 1.56. The molecule has 0 aromatic rings. The van der Waals surface area contributed by atoms with Gasteiger partial charge in [0.15, 0.2) is 0 Å². The van der Waals surface area contributed by atoms with Crippen LogP contribution in [0.1, 0.15) is 51.9 Å². The summed E-state index contributed by atoms with van der Waals surface area (Å²) in [6.45, 7) is 5.95. The minimum atomic E-state index is -0.105. The number of piperidine rings is 1. The van der Waals surface area contributed by atoms with Crippen LogP contribution in [0.3, 0.4) is 0 Å². The van der Waals surface area contributed by atoms with Crippen LogP contribution in [0.5, 0.6) is 0 Å². The van der Waals surface area contributed by atoms with Gasteiger partial charge in [0.1, 0.15) is 5.78 Å². The van der Waals surface area contributed by atoms with E-state index in [1.54, 1.807) is 0 Å². The molecule has 0 saturated carbocycles. The molecule has 3 fully saturated rings. The Morgan fingerprint density at radius 1 is 1.47 bits per heavy atom. The molecule has 19 heavy (non-hydrogen) atoms. The van der Waals surface area contributed by atoms with Gasteiger partial charge in [0.25, 0.3) is 0 Å². The summed E-state index contributed by atoms with van der Waals surface area (Å²) in [6.07, 6.45) is 8.34. The van der Waals surface area contributed by atoms with Crippen molar-refractivity contribution in [3.05, 3.63) is 12.7 Å². The van der Waals surface area contributed by atoms with Crippen molar-refractivity contribution in [2.45, 2.75) is 63.5 Å². The minimum Gasteiger partial charge on any atom is -0.333 e. The first-order valence-corrected chi connectivity index (χ1v) is 7.62. The number of Topliss-reactive ketones (excluding diaryl/α,β-unsaturated/α-hetero) is 1.